The number of methoxy groups -OCH3 is 1. The number of amides is 2. The fraction of sp³-hybridized carbons (Fsp3) is 0.417. The molecular formula is C24H31ClN3O7S+. The summed E-state index contributed by atoms with van der Waals surface area (Å²) in [5, 5.41) is 13.2. The van der Waals surface area contributed by atoms with Gasteiger partial charge in [0, 0.05) is 11.4 Å². The molecule has 0 saturated carbocycles. The van der Waals surface area contributed by atoms with Gasteiger partial charge in [0.15, 0.2) is 0 Å². The predicted molar refractivity (Wildman–Crippen MR) is 134 cm³/mol. The number of nitrogens with zero attached hydrogens (tertiary/aromatic N) is 1. The molecule has 3 rings (SSSR count). The maximum atomic E-state index is 13.2. The van der Waals surface area contributed by atoms with E-state index in [1.807, 2.05) is 0 Å². The summed E-state index contributed by atoms with van der Waals surface area (Å²) in [6.07, 6.45) is -1.68. The summed E-state index contributed by atoms with van der Waals surface area (Å²) in [6, 6.07) is 11.3. The first-order valence-corrected chi connectivity index (χ1v) is 13.1. The molecular weight excluding hydrogens is 510 g/mol. The van der Waals surface area contributed by atoms with Gasteiger partial charge in [-0.15, -0.1) is 0 Å². The van der Waals surface area contributed by atoms with Gasteiger partial charge in [-0.05, 0) is 51.1 Å². The smallest absolute Gasteiger partial charge is 0.495 e. The number of benzene rings is 2. The molecule has 1 aliphatic heterocycles. The second-order valence-electron chi connectivity index (χ2n) is 9.59. The summed E-state index contributed by atoms with van der Waals surface area (Å²) in [5.74, 6) is 0.457. The second kappa shape index (κ2) is 10.6. The molecule has 1 unspecified atom stereocenters. The van der Waals surface area contributed by atoms with E-state index in [2.05, 4.69) is 10.0 Å². The number of carboxylic acid groups (broad SMARTS) is 1. The van der Waals surface area contributed by atoms with Crippen molar-refractivity contribution < 1.29 is 37.1 Å². The molecule has 3 N–H and O–H groups in total. The zero-order valence-corrected chi connectivity index (χ0v) is 22.1. The van der Waals surface area contributed by atoms with Crippen LogP contribution in [-0.2, 0) is 10.0 Å². The third kappa shape index (κ3) is 5.75. The van der Waals surface area contributed by atoms with Crippen LogP contribution in [-0.4, -0.2) is 68.0 Å². The Morgan fingerprint density at radius 2 is 1.83 bits per heavy atom. The lowest BCUT2D eigenvalue weighted by Crippen LogP contribution is -2.68. The Hall–Kier alpha value is -2.86. The van der Waals surface area contributed by atoms with Gasteiger partial charge in [0.1, 0.15) is 34.5 Å². The van der Waals surface area contributed by atoms with Crippen LogP contribution in [0.5, 0.6) is 11.5 Å². The van der Waals surface area contributed by atoms with Crippen LogP contribution in [0, 0.1) is 0 Å². The fourth-order valence-electron chi connectivity index (χ4n) is 4.72. The number of ether oxygens (including phenoxy) is 2. The number of rotatable bonds is 7. The van der Waals surface area contributed by atoms with E-state index >= 15 is 0 Å². The number of likely N-dealkylation sites (tertiary alicyclic amines) is 1. The van der Waals surface area contributed by atoms with E-state index in [9.17, 15) is 23.1 Å². The summed E-state index contributed by atoms with van der Waals surface area (Å²) in [4.78, 5) is 24.9. The van der Waals surface area contributed by atoms with Crippen LogP contribution in [0.4, 0.5) is 9.59 Å². The van der Waals surface area contributed by atoms with Gasteiger partial charge in [0.25, 0.3) is 0 Å². The van der Waals surface area contributed by atoms with Crippen molar-refractivity contribution in [1.82, 2.24) is 10.0 Å². The lowest BCUT2D eigenvalue weighted by molar-refractivity contribution is -0.913. The number of hydrogen-bond acceptors (Lipinski definition) is 6. The Balaban J connectivity index is 1.84. The van der Waals surface area contributed by atoms with Gasteiger partial charge in [0.2, 0.25) is 10.0 Å². The van der Waals surface area contributed by atoms with Gasteiger partial charge in [-0.1, -0.05) is 29.8 Å². The molecule has 0 radical (unpaired) electrons. The van der Waals surface area contributed by atoms with E-state index in [0.717, 1.165) is 0 Å². The molecule has 0 spiro atoms. The molecule has 196 valence electrons. The standard InChI is InChI=1S/C24H30ClN3O7S/c1-24(2,3)28(23(30)31)15-17(27-36(32,33)21-12-16(25)10-11-20(21)34-4)13-18(28)14-26-22(29)35-19-8-6-5-7-9-19/h5-12,17-18,27H,13-15H2,1-4H3,(H-,26,29,30,31)/p+1/t17-,18-,28?/m1/s1. The molecule has 2 aromatic rings. The minimum Gasteiger partial charge on any atom is -0.495 e. The Bertz CT molecular complexity index is 1220. The normalized spacial score (nSPS) is 22.1. The highest BCUT2D eigenvalue weighted by Gasteiger charge is 2.60. The molecule has 0 aliphatic carbocycles. The maximum absolute atomic E-state index is 13.2. The SMILES string of the molecule is COc1ccc(Cl)cc1S(=O)(=O)N[C@@H]1C[C@H](CNC(=O)Oc2ccccc2)[N+](C(=O)O)(C(C)(C)C)C1. The first-order valence-electron chi connectivity index (χ1n) is 11.3. The van der Waals surface area contributed by atoms with Gasteiger partial charge in [-0.3, -0.25) is 0 Å². The van der Waals surface area contributed by atoms with E-state index in [1.54, 1.807) is 51.1 Å². The van der Waals surface area contributed by atoms with Gasteiger partial charge < -0.3 is 19.9 Å². The number of sulfonamides is 1. The van der Waals surface area contributed by atoms with Crippen molar-refractivity contribution in [2.45, 2.75) is 49.7 Å². The average molecular weight is 541 g/mol. The van der Waals surface area contributed by atoms with Crippen LogP contribution in [0.25, 0.3) is 0 Å². The number of carbonyl (C=O) groups is 2. The number of quaternary nitrogens is 1. The fourth-order valence-corrected chi connectivity index (χ4v) is 6.39. The number of hydrogen-bond donors (Lipinski definition) is 3. The number of halogens is 1. The molecule has 12 heteroatoms. The van der Waals surface area contributed by atoms with Crippen molar-refractivity contribution in [2.75, 3.05) is 20.2 Å². The molecule has 3 atom stereocenters. The van der Waals surface area contributed by atoms with E-state index < -0.39 is 44.3 Å². The van der Waals surface area contributed by atoms with Crippen LogP contribution in [0.1, 0.15) is 27.2 Å². The summed E-state index contributed by atoms with van der Waals surface area (Å²) in [5.41, 5.74) is -0.810. The molecule has 1 aliphatic rings. The predicted octanol–water partition coefficient (Wildman–Crippen LogP) is 3.85. The lowest BCUT2D eigenvalue weighted by Gasteiger charge is -2.44. The zero-order valence-electron chi connectivity index (χ0n) is 20.5. The van der Waals surface area contributed by atoms with Crippen LogP contribution >= 0.6 is 11.6 Å². The van der Waals surface area contributed by atoms with E-state index in [4.69, 9.17) is 21.1 Å². The molecule has 1 saturated heterocycles. The van der Waals surface area contributed by atoms with Crippen molar-refractivity contribution >= 4 is 33.8 Å². The summed E-state index contributed by atoms with van der Waals surface area (Å²) in [6.45, 7) is 5.25. The monoisotopic (exact) mass is 540 g/mol. The largest absolute Gasteiger partial charge is 0.514 e. The maximum Gasteiger partial charge on any atom is 0.514 e. The second-order valence-corrected chi connectivity index (χ2v) is 11.7. The number of para-hydroxylation sites is 1. The van der Waals surface area contributed by atoms with Crippen molar-refractivity contribution in [2.24, 2.45) is 0 Å². The lowest BCUT2D eigenvalue weighted by atomic mass is 10.00. The van der Waals surface area contributed by atoms with Crippen LogP contribution in [0.15, 0.2) is 53.4 Å². The summed E-state index contributed by atoms with van der Waals surface area (Å²) >= 11 is 6.01. The van der Waals surface area contributed by atoms with Gasteiger partial charge >= 0.3 is 12.2 Å². The summed E-state index contributed by atoms with van der Waals surface area (Å²) in [7, 11) is -2.75. The molecule has 2 amide bonds. The third-order valence-electron chi connectivity index (χ3n) is 6.40. The highest BCUT2D eigenvalue weighted by atomic mass is 35.5. The average Bonchev–Trinajstić information content (AvgIpc) is 3.17. The Labute approximate surface area is 215 Å². The van der Waals surface area contributed by atoms with Crippen molar-refractivity contribution in [3.63, 3.8) is 0 Å². The molecule has 0 aromatic heterocycles. The number of carbonyl (C=O) groups excluding carboxylic acids is 1. The molecule has 0 bridgehead atoms. The Kier molecular flexibility index (Phi) is 8.19. The summed E-state index contributed by atoms with van der Waals surface area (Å²) < 4.78 is 39.1. The molecule has 1 fully saturated rings. The van der Waals surface area contributed by atoms with Gasteiger partial charge in [-0.25, -0.2) is 22.4 Å². The van der Waals surface area contributed by atoms with E-state index in [-0.39, 0.29) is 35.2 Å². The highest BCUT2D eigenvalue weighted by Crippen LogP contribution is 2.38. The highest BCUT2D eigenvalue weighted by molar-refractivity contribution is 7.89. The minimum absolute atomic E-state index is 0.0268. The Morgan fingerprint density at radius 3 is 2.42 bits per heavy atom. The van der Waals surface area contributed by atoms with Crippen LogP contribution in [0.2, 0.25) is 5.02 Å². The van der Waals surface area contributed by atoms with E-state index in [0.29, 0.717) is 5.75 Å². The van der Waals surface area contributed by atoms with Crippen LogP contribution in [0.3, 0.4) is 0 Å². The van der Waals surface area contributed by atoms with E-state index in [1.165, 1.54) is 25.3 Å². The van der Waals surface area contributed by atoms with Crippen molar-refractivity contribution in [3.8, 4) is 11.5 Å². The minimum atomic E-state index is -4.10. The molecule has 2 aromatic carbocycles. The Morgan fingerprint density at radius 1 is 1.17 bits per heavy atom. The first kappa shape index (κ1) is 27.7. The quantitative estimate of drug-likeness (QED) is 0.454. The molecule has 10 nitrogen and oxygen atoms in total. The first-order chi connectivity index (χ1) is 16.8. The van der Waals surface area contributed by atoms with Crippen molar-refractivity contribution in [1.29, 1.82) is 0 Å². The van der Waals surface area contributed by atoms with Gasteiger partial charge in [-0.2, -0.15) is 4.79 Å². The third-order valence-corrected chi connectivity index (χ3v) is 8.18. The van der Waals surface area contributed by atoms with Crippen molar-refractivity contribution in [3.05, 3.63) is 53.6 Å². The topological polar surface area (TPSA) is 131 Å². The zero-order chi connectivity index (χ0) is 26.7. The van der Waals surface area contributed by atoms with Crippen LogP contribution < -0.4 is 19.5 Å². The molecule has 36 heavy (non-hydrogen) atoms. The number of nitrogens with one attached hydrogen (secondary N) is 2. The van der Waals surface area contributed by atoms with Gasteiger partial charge in [0.05, 0.1) is 19.7 Å². The molecule has 1 heterocycles.